The summed E-state index contributed by atoms with van der Waals surface area (Å²) in [5, 5.41) is 0.700. The number of carbonyl (C=O) groups is 1. The molecule has 0 spiro atoms. The average Bonchev–Trinajstić information content (AvgIpc) is 2.94. The van der Waals surface area contributed by atoms with Crippen LogP contribution in [0.4, 0.5) is 4.79 Å². The number of carbonyl (C=O) groups excluding carboxylic acids is 1. The number of amides is 1. The highest BCUT2D eigenvalue weighted by Gasteiger charge is 2.27. The molecule has 2 aromatic rings. The first-order valence-electron chi connectivity index (χ1n) is 8.37. The Morgan fingerprint density at radius 3 is 2.96 bits per heavy atom. The van der Waals surface area contributed by atoms with Crippen molar-refractivity contribution in [2.45, 2.75) is 44.4 Å². The van der Waals surface area contributed by atoms with Gasteiger partial charge in [0.1, 0.15) is 11.1 Å². The molecule has 6 heteroatoms. The van der Waals surface area contributed by atoms with Gasteiger partial charge in [0.05, 0.1) is 0 Å². The average molecular weight is 348 g/mol. The summed E-state index contributed by atoms with van der Waals surface area (Å²) in [6.45, 7) is 7.21. The first-order chi connectivity index (χ1) is 11.4. The third-order valence-corrected chi connectivity index (χ3v) is 4.95. The summed E-state index contributed by atoms with van der Waals surface area (Å²) in [7, 11) is 0. The number of benzene rings is 1. The normalized spacial score (nSPS) is 18.8. The van der Waals surface area contributed by atoms with E-state index in [2.05, 4.69) is 4.98 Å². The van der Waals surface area contributed by atoms with E-state index in [-0.39, 0.29) is 6.09 Å². The van der Waals surface area contributed by atoms with E-state index >= 15 is 0 Å². The Labute approximate surface area is 146 Å². The third kappa shape index (κ3) is 4.44. The van der Waals surface area contributed by atoms with Crippen molar-refractivity contribution >= 4 is 29.0 Å². The number of oxazole rings is 1. The highest BCUT2D eigenvalue weighted by atomic mass is 32.2. The number of hydrogen-bond donors (Lipinski definition) is 0. The Morgan fingerprint density at radius 1 is 1.42 bits per heavy atom. The lowest BCUT2D eigenvalue weighted by Gasteiger charge is -2.33. The maximum absolute atomic E-state index is 12.2. The number of para-hydroxylation sites is 2. The Kier molecular flexibility index (Phi) is 5.04. The van der Waals surface area contributed by atoms with Gasteiger partial charge in [-0.25, -0.2) is 9.78 Å². The fourth-order valence-corrected chi connectivity index (χ4v) is 3.76. The monoisotopic (exact) mass is 348 g/mol. The number of ether oxygens (including phenoxy) is 1. The van der Waals surface area contributed by atoms with Gasteiger partial charge < -0.3 is 14.1 Å². The van der Waals surface area contributed by atoms with Crippen molar-refractivity contribution < 1.29 is 13.9 Å². The molecule has 2 heterocycles. The molecule has 5 nitrogen and oxygen atoms in total. The van der Waals surface area contributed by atoms with Crippen LogP contribution in [0.15, 0.2) is 33.9 Å². The zero-order valence-corrected chi connectivity index (χ0v) is 15.3. The van der Waals surface area contributed by atoms with Crippen LogP contribution in [-0.2, 0) is 4.74 Å². The molecule has 0 unspecified atom stereocenters. The highest BCUT2D eigenvalue weighted by Crippen LogP contribution is 2.28. The predicted octanol–water partition coefficient (Wildman–Crippen LogP) is 4.57. The second-order valence-electron chi connectivity index (χ2n) is 7.19. The highest BCUT2D eigenvalue weighted by molar-refractivity contribution is 7.99. The molecule has 0 bridgehead atoms. The second kappa shape index (κ2) is 7.05. The molecule has 1 aliphatic rings. The Bertz CT molecular complexity index is 675. The van der Waals surface area contributed by atoms with Gasteiger partial charge in [-0.15, -0.1) is 0 Å². The first kappa shape index (κ1) is 17.1. The molecule has 1 aromatic heterocycles. The predicted molar refractivity (Wildman–Crippen MR) is 95.3 cm³/mol. The second-order valence-corrected chi connectivity index (χ2v) is 8.16. The van der Waals surface area contributed by atoms with Gasteiger partial charge in [-0.05, 0) is 51.7 Å². The Balaban J connectivity index is 1.54. The van der Waals surface area contributed by atoms with Gasteiger partial charge in [-0.1, -0.05) is 23.9 Å². The summed E-state index contributed by atoms with van der Waals surface area (Å²) in [5.41, 5.74) is 1.26. The number of hydrogen-bond acceptors (Lipinski definition) is 5. The van der Waals surface area contributed by atoms with Crippen molar-refractivity contribution in [3.8, 4) is 0 Å². The summed E-state index contributed by atoms with van der Waals surface area (Å²) >= 11 is 1.62. The van der Waals surface area contributed by atoms with E-state index in [1.807, 2.05) is 49.9 Å². The van der Waals surface area contributed by atoms with E-state index in [9.17, 15) is 4.79 Å². The minimum atomic E-state index is -0.447. The maximum Gasteiger partial charge on any atom is 0.410 e. The molecule has 0 aliphatic carbocycles. The van der Waals surface area contributed by atoms with E-state index in [4.69, 9.17) is 9.15 Å². The molecular weight excluding hydrogens is 324 g/mol. The smallest absolute Gasteiger partial charge is 0.410 e. The van der Waals surface area contributed by atoms with E-state index in [0.29, 0.717) is 11.1 Å². The summed E-state index contributed by atoms with van der Waals surface area (Å²) in [5.74, 6) is 1.33. The standard InChI is InChI=1S/C18H24N2O3S/c1-18(2,3)23-17(21)20-10-6-7-13(11-20)12-24-16-19-14-8-4-5-9-15(14)22-16/h4-5,8-9,13H,6-7,10-12H2,1-3H3/t13-/m0/s1. The molecule has 1 saturated heterocycles. The number of thioether (sulfide) groups is 1. The largest absolute Gasteiger partial charge is 0.444 e. The summed E-state index contributed by atoms with van der Waals surface area (Å²) in [6.07, 6.45) is 1.92. The zero-order valence-electron chi connectivity index (χ0n) is 14.4. The first-order valence-corrected chi connectivity index (χ1v) is 9.35. The maximum atomic E-state index is 12.2. The quantitative estimate of drug-likeness (QED) is 0.761. The molecule has 24 heavy (non-hydrogen) atoms. The fourth-order valence-electron chi connectivity index (χ4n) is 2.80. The molecular formula is C18H24N2O3S. The Morgan fingerprint density at radius 2 is 2.21 bits per heavy atom. The van der Waals surface area contributed by atoms with Crippen LogP contribution in [0.5, 0.6) is 0 Å². The van der Waals surface area contributed by atoms with Crippen molar-refractivity contribution in [1.29, 1.82) is 0 Å². The Hall–Kier alpha value is -1.69. The number of likely N-dealkylation sites (tertiary alicyclic amines) is 1. The molecule has 1 aromatic carbocycles. The van der Waals surface area contributed by atoms with Crippen LogP contribution in [0.2, 0.25) is 0 Å². The number of nitrogens with zero attached hydrogens (tertiary/aromatic N) is 2. The SMILES string of the molecule is CC(C)(C)OC(=O)N1CCC[C@H](CSc2nc3ccccc3o2)C1. The molecule has 1 fully saturated rings. The lowest BCUT2D eigenvalue weighted by molar-refractivity contribution is 0.0177. The van der Waals surface area contributed by atoms with Crippen molar-refractivity contribution in [2.24, 2.45) is 5.92 Å². The molecule has 0 N–H and O–H groups in total. The van der Waals surface area contributed by atoms with Gasteiger partial charge in [0, 0.05) is 18.8 Å². The topological polar surface area (TPSA) is 55.6 Å². The molecule has 1 aliphatic heterocycles. The molecule has 3 rings (SSSR count). The van der Waals surface area contributed by atoms with Gasteiger partial charge in [0.2, 0.25) is 0 Å². The van der Waals surface area contributed by atoms with Crippen LogP contribution < -0.4 is 0 Å². The van der Waals surface area contributed by atoms with Crippen molar-refractivity contribution in [3.05, 3.63) is 24.3 Å². The molecule has 1 atom stereocenters. The summed E-state index contributed by atoms with van der Waals surface area (Å²) in [4.78, 5) is 18.5. The van der Waals surface area contributed by atoms with Crippen LogP contribution >= 0.6 is 11.8 Å². The molecule has 1 amide bonds. The third-order valence-electron chi connectivity index (χ3n) is 3.89. The van der Waals surface area contributed by atoms with E-state index < -0.39 is 5.60 Å². The fraction of sp³-hybridized carbons (Fsp3) is 0.556. The van der Waals surface area contributed by atoms with Gasteiger partial charge in [0.25, 0.3) is 5.22 Å². The minimum Gasteiger partial charge on any atom is -0.444 e. The number of piperidine rings is 1. The number of rotatable bonds is 3. The van der Waals surface area contributed by atoms with Crippen molar-refractivity contribution in [2.75, 3.05) is 18.8 Å². The number of aromatic nitrogens is 1. The van der Waals surface area contributed by atoms with Crippen LogP contribution in [0.25, 0.3) is 11.1 Å². The lowest BCUT2D eigenvalue weighted by Crippen LogP contribution is -2.43. The summed E-state index contributed by atoms with van der Waals surface area (Å²) in [6, 6.07) is 7.78. The lowest BCUT2D eigenvalue weighted by atomic mass is 10.0. The zero-order chi connectivity index (χ0) is 17.2. The number of fused-ring (bicyclic) bond motifs is 1. The van der Waals surface area contributed by atoms with E-state index in [1.54, 1.807) is 11.8 Å². The van der Waals surface area contributed by atoms with Crippen molar-refractivity contribution in [3.63, 3.8) is 0 Å². The minimum absolute atomic E-state index is 0.209. The van der Waals surface area contributed by atoms with Gasteiger partial charge in [0.15, 0.2) is 5.58 Å². The van der Waals surface area contributed by atoms with Crippen LogP contribution in [-0.4, -0.2) is 40.4 Å². The van der Waals surface area contributed by atoms with Gasteiger partial charge in [-0.2, -0.15) is 0 Å². The molecule has 130 valence electrons. The van der Waals surface area contributed by atoms with Crippen molar-refractivity contribution in [1.82, 2.24) is 9.88 Å². The molecule has 0 radical (unpaired) electrons. The van der Waals surface area contributed by atoms with Crippen LogP contribution in [0.1, 0.15) is 33.6 Å². The van der Waals surface area contributed by atoms with Crippen LogP contribution in [0.3, 0.4) is 0 Å². The van der Waals surface area contributed by atoms with Gasteiger partial charge in [-0.3, -0.25) is 0 Å². The summed E-state index contributed by atoms with van der Waals surface area (Å²) < 4.78 is 11.2. The van der Waals surface area contributed by atoms with Crippen LogP contribution in [0, 0.1) is 5.92 Å². The van der Waals surface area contributed by atoms with E-state index in [0.717, 1.165) is 42.8 Å². The van der Waals surface area contributed by atoms with Gasteiger partial charge >= 0.3 is 6.09 Å². The molecule has 0 saturated carbocycles. The van der Waals surface area contributed by atoms with E-state index in [1.165, 1.54) is 0 Å².